The number of rotatable bonds is 11. The molecule has 0 saturated carbocycles. The average Bonchev–Trinajstić information content (AvgIpc) is 2.54. The first-order valence-corrected chi connectivity index (χ1v) is 9.21. The molecule has 0 bridgehead atoms. The Balaban J connectivity index is 5.67. The van der Waals surface area contributed by atoms with Gasteiger partial charge in [0.25, 0.3) is 5.91 Å². The number of carbonyl (C=O) groups is 3. The average molecular weight is 386 g/mol. The summed E-state index contributed by atoms with van der Waals surface area (Å²) in [6.45, 7) is 14.7. The van der Waals surface area contributed by atoms with Crippen molar-refractivity contribution in [2.24, 2.45) is 17.3 Å². The summed E-state index contributed by atoms with van der Waals surface area (Å²) in [6, 6.07) is -1.00. The van der Waals surface area contributed by atoms with Crippen molar-refractivity contribution in [2.75, 3.05) is 0 Å². The Morgan fingerprint density at radius 3 is 2.00 bits per heavy atom. The van der Waals surface area contributed by atoms with Crippen molar-refractivity contribution in [1.29, 1.82) is 0 Å². The second kappa shape index (κ2) is 11.0. The molecule has 0 aromatic rings. The van der Waals surface area contributed by atoms with Crippen LogP contribution >= 0.6 is 0 Å². The SMILES string of the molecule is C=CCC(C)(C)C(NC(=O)[C@H](CC(C)C)[C@H](O)C(=O)NO)C(=O)NC(C)C. The van der Waals surface area contributed by atoms with Crippen LogP contribution in [0.2, 0.25) is 0 Å². The van der Waals surface area contributed by atoms with Crippen molar-refractivity contribution >= 4 is 17.7 Å². The third-order valence-corrected chi connectivity index (χ3v) is 4.25. The lowest BCUT2D eigenvalue weighted by atomic mass is 9.79. The zero-order chi connectivity index (χ0) is 21.4. The van der Waals surface area contributed by atoms with Crippen molar-refractivity contribution in [3.63, 3.8) is 0 Å². The van der Waals surface area contributed by atoms with Gasteiger partial charge in [0, 0.05) is 6.04 Å². The fourth-order valence-corrected chi connectivity index (χ4v) is 2.86. The summed E-state index contributed by atoms with van der Waals surface area (Å²) in [5, 5.41) is 24.4. The molecular formula is C19H35N3O5. The normalized spacial score (nSPS) is 15.0. The van der Waals surface area contributed by atoms with Crippen molar-refractivity contribution in [1.82, 2.24) is 16.1 Å². The first kappa shape index (κ1) is 25.1. The predicted molar refractivity (Wildman–Crippen MR) is 103 cm³/mol. The lowest BCUT2D eigenvalue weighted by Crippen LogP contribution is -2.58. The summed E-state index contributed by atoms with van der Waals surface area (Å²) in [7, 11) is 0. The van der Waals surface area contributed by atoms with Crippen LogP contribution in [0.1, 0.15) is 54.4 Å². The van der Waals surface area contributed by atoms with Crippen LogP contribution in [0, 0.1) is 17.3 Å². The molecule has 156 valence electrons. The van der Waals surface area contributed by atoms with E-state index >= 15 is 0 Å². The van der Waals surface area contributed by atoms with Crippen molar-refractivity contribution < 1.29 is 24.7 Å². The van der Waals surface area contributed by atoms with E-state index in [1.165, 1.54) is 5.48 Å². The first-order valence-electron chi connectivity index (χ1n) is 9.21. The van der Waals surface area contributed by atoms with E-state index < -0.39 is 35.3 Å². The lowest BCUT2D eigenvalue weighted by molar-refractivity contribution is -0.147. The van der Waals surface area contributed by atoms with Gasteiger partial charge in [-0.3, -0.25) is 19.6 Å². The van der Waals surface area contributed by atoms with Crippen molar-refractivity contribution in [2.45, 2.75) is 72.6 Å². The second-order valence-corrected chi connectivity index (χ2v) is 8.24. The molecule has 0 aliphatic rings. The van der Waals surface area contributed by atoms with E-state index in [0.29, 0.717) is 6.42 Å². The number of allylic oxidation sites excluding steroid dienone is 1. The number of amides is 3. The zero-order valence-electron chi connectivity index (χ0n) is 17.2. The number of aliphatic hydroxyl groups is 1. The fraction of sp³-hybridized carbons (Fsp3) is 0.737. The maximum atomic E-state index is 12.9. The molecule has 8 heteroatoms. The third-order valence-electron chi connectivity index (χ3n) is 4.25. The highest BCUT2D eigenvalue weighted by Gasteiger charge is 2.39. The van der Waals surface area contributed by atoms with Gasteiger partial charge in [0.2, 0.25) is 11.8 Å². The van der Waals surface area contributed by atoms with Gasteiger partial charge >= 0.3 is 0 Å². The summed E-state index contributed by atoms with van der Waals surface area (Å²) >= 11 is 0. The van der Waals surface area contributed by atoms with Gasteiger partial charge in [0.05, 0.1) is 5.92 Å². The van der Waals surface area contributed by atoms with Crippen LogP contribution in [0.15, 0.2) is 12.7 Å². The minimum atomic E-state index is -1.73. The summed E-state index contributed by atoms with van der Waals surface area (Å²) in [6.07, 6.45) is 0.619. The zero-order valence-corrected chi connectivity index (χ0v) is 17.2. The lowest BCUT2D eigenvalue weighted by Gasteiger charge is -2.35. The topological polar surface area (TPSA) is 128 Å². The highest BCUT2D eigenvalue weighted by Crippen LogP contribution is 2.27. The minimum absolute atomic E-state index is 0.00557. The quantitative estimate of drug-likeness (QED) is 0.207. The smallest absolute Gasteiger partial charge is 0.272 e. The van der Waals surface area contributed by atoms with Gasteiger partial charge in [-0.25, -0.2) is 5.48 Å². The molecule has 0 rings (SSSR count). The molecule has 0 radical (unpaired) electrons. The molecule has 0 aromatic carbocycles. The van der Waals surface area contributed by atoms with Crippen LogP contribution in [0.4, 0.5) is 0 Å². The van der Waals surface area contributed by atoms with E-state index in [2.05, 4.69) is 17.2 Å². The van der Waals surface area contributed by atoms with Gasteiger partial charge in [-0.1, -0.05) is 33.8 Å². The van der Waals surface area contributed by atoms with Gasteiger partial charge in [0.15, 0.2) is 0 Å². The highest BCUT2D eigenvalue weighted by molar-refractivity contribution is 5.92. The van der Waals surface area contributed by atoms with E-state index in [1.54, 1.807) is 6.08 Å². The summed E-state index contributed by atoms with van der Waals surface area (Å²) in [5.74, 6) is -3.14. The van der Waals surface area contributed by atoms with Gasteiger partial charge in [0.1, 0.15) is 12.1 Å². The molecule has 3 atom stereocenters. The number of hydroxylamine groups is 1. The number of hydrogen-bond acceptors (Lipinski definition) is 5. The standard InChI is InChI=1S/C19H35N3O5/c1-8-9-19(6,7)15(18(26)20-12(4)5)21-16(24)13(10-11(2)3)14(23)17(25)22-27/h8,11-15,23,27H,1,9-10H2,2-7H3,(H,20,26)(H,21,24)(H,22,25)/t13-,14+,15?/m1/s1. The first-order chi connectivity index (χ1) is 12.4. The second-order valence-electron chi connectivity index (χ2n) is 8.24. The molecule has 0 heterocycles. The molecule has 0 aliphatic carbocycles. The largest absolute Gasteiger partial charge is 0.382 e. The van der Waals surface area contributed by atoms with Crippen LogP contribution in [0.25, 0.3) is 0 Å². The van der Waals surface area contributed by atoms with E-state index in [9.17, 15) is 19.5 Å². The molecule has 8 nitrogen and oxygen atoms in total. The Kier molecular flexibility index (Phi) is 10.2. The molecule has 0 aliphatic heterocycles. The minimum Gasteiger partial charge on any atom is -0.382 e. The van der Waals surface area contributed by atoms with E-state index in [-0.39, 0.29) is 24.3 Å². The Bertz CT molecular complexity index is 531. The third kappa shape index (κ3) is 8.09. The van der Waals surface area contributed by atoms with Gasteiger partial charge in [-0.05, 0) is 38.0 Å². The maximum Gasteiger partial charge on any atom is 0.272 e. The van der Waals surface area contributed by atoms with Crippen LogP contribution < -0.4 is 16.1 Å². The van der Waals surface area contributed by atoms with Crippen LogP contribution in [0.5, 0.6) is 0 Å². The monoisotopic (exact) mass is 385 g/mol. The number of aliphatic hydroxyl groups excluding tert-OH is 1. The van der Waals surface area contributed by atoms with Crippen molar-refractivity contribution in [3.05, 3.63) is 12.7 Å². The molecule has 0 fully saturated rings. The highest BCUT2D eigenvalue weighted by atomic mass is 16.5. The van der Waals surface area contributed by atoms with E-state index in [0.717, 1.165) is 0 Å². The molecule has 0 saturated heterocycles. The molecule has 0 aromatic heterocycles. The molecule has 0 spiro atoms. The van der Waals surface area contributed by atoms with Gasteiger partial charge < -0.3 is 15.7 Å². The Morgan fingerprint density at radius 2 is 1.59 bits per heavy atom. The number of hydrogen-bond donors (Lipinski definition) is 5. The van der Waals surface area contributed by atoms with Crippen LogP contribution in [-0.2, 0) is 14.4 Å². The summed E-state index contributed by atoms with van der Waals surface area (Å²) in [5.41, 5.74) is 0.729. The van der Waals surface area contributed by atoms with E-state index in [1.807, 2.05) is 41.5 Å². The molecule has 1 unspecified atom stereocenters. The van der Waals surface area contributed by atoms with E-state index in [4.69, 9.17) is 5.21 Å². The fourth-order valence-electron chi connectivity index (χ4n) is 2.86. The van der Waals surface area contributed by atoms with Crippen LogP contribution in [-0.4, -0.2) is 46.2 Å². The number of nitrogens with one attached hydrogen (secondary N) is 3. The Labute approximate surface area is 161 Å². The summed E-state index contributed by atoms with van der Waals surface area (Å²) in [4.78, 5) is 37.1. The molecule has 5 N–H and O–H groups in total. The Morgan fingerprint density at radius 1 is 1.04 bits per heavy atom. The summed E-state index contributed by atoms with van der Waals surface area (Å²) < 4.78 is 0. The molecule has 27 heavy (non-hydrogen) atoms. The molecular weight excluding hydrogens is 350 g/mol. The maximum absolute atomic E-state index is 12.9. The predicted octanol–water partition coefficient (Wildman–Crippen LogP) is 1.13. The van der Waals surface area contributed by atoms with Gasteiger partial charge in [-0.15, -0.1) is 6.58 Å². The van der Waals surface area contributed by atoms with Crippen molar-refractivity contribution in [3.8, 4) is 0 Å². The Hall–Kier alpha value is -1.93. The van der Waals surface area contributed by atoms with Crippen LogP contribution in [0.3, 0.4) is 0 Å². The van der Waals surface area contributed by atoms with Gasteiger partial charge in [-0.2, -0.15) is 0 Å². The number of carbonyl (C=O) groups excluding carboxylic acids is 3. The molecule has 3 amide bonds.